The first-order valence-corrected chi connectivity index (χ1v) is 19.0. The molecule has 1 aliphatic rings. The van der Waals surface area contributed by atoms with E-state index in [-0.39, 0.29) is 22.3 Å². The van der Waals surface area contributed by atoms with E-state index in [0.717, 1.165) is 66.9 Å². The SMILES string of the molecule is COc1ccc(OC[C@H](N)CCCc2cc(Cl)c(F)c(-c3cc4cn(-c5ccc([C@@H]6CCCC[C@@H](CCSC(=N)N)N6)cc5)c(=O)nc4[nH]3)c2)cc1. The predicted molar refractivity (Wildman–Crippen MR) is 209 cm³/mol. The number of aromatic amines is 1. The predicted octanol–water partition coefficient (Wildman–Crippen LogP) is 7.50. The van der Waals surface area contributed by atoms with Gasteiger partial charge in [-0.05, 0) is 104 Å². The van der Waals surface area contributed by atoms with Crippen molar-refractivity contribution >= 4 is 39.6 Å². The topological polar surface area (TPSA) is 157 Å². The lowest BCUT2D eigenvalue weighted by molar-refractivity contribution is 0.280. The molecule has 2 aromatic heterocycles. The summed E-state index contributed by atoms with van der Waals surface area (Å²) in [6, 6.07) is 21.0. The van der Waals surface area contributed by atoms with Gasteiger partial charge in [0.05, 0.1) is 23.5 Å². The molecule has 52 heavy (non-hydrogen) atoms. The maximum atomic E-state index is 15.4. The molecule has 6 rings (SSSR count). The summed E-state index contributed by atoms with van der Waals surface area (Å²) in [7, 11) is 1.62. The minimum absolute atomic E-state index is 0.0235. The average molecular weight is 746 g/mol. The van der Waals surface area contributed by atoms with Crippen molar-refractivity contribution in [2.45, 2.75) is 69.5 Å². The second-order valence-electron chi connectivity index (χ2n) is 13.3. The first kappa shape index (κ1) is 37.4. The van der Waals surface area contributed by atoms with Crippen molar-refractivity contribution in [1.29, 1.82) is 5.41 Å². The second-order valence-corrected chi connectivity index (χ2v) is 14.8. The van der Waals surface area contributed by atoms with E-state index in [9.17, 15) is 4.79 Å². The molecule has 0 spiro atoms. The Morgan fingerprint density at radius 1 is 1.12 bits per heavy atom. The number of methoxy groups -OCH3 is 1. The summed E-state index contributed by atoms with van der Waals surface area (Å²) in [6.45, 7) is 0.372. The average Bonchev–Trinajstić information content (AvgIpc) is 3.40. The van der Waals surface area contributed by atoms with Gasteiger partial charge in [0.1, 0.15) is 23.8 Å². The standard InChI is InChI=1S/C39H45ClFN7O3S/c1-50-30-13-15-31(16-14-30)51-23-27(42)6-4-5-24-19-32(36(41)33(40)20-24)35-21-26-22-48(39(49)47-37(26)46-35)29-11-9-25(10-12-29)34-8-3-2-7-28(45-34)17-18-52-38(43)44/h9-16,19-22,27-28,34,45H,2-8,17-18,23,42H2,1H3,(H3,43,44)(H,46,47,49)/t27-,28+,34+/m1/s1. The van der Waals surface area contributed by atoms with E-state index >= 15 is 4.39 Å². The van der Waals surface area contributed by atoms with Gasteiger partial charge < -0.3 is 31.2 Å². The molecule has 3 aromatic carbocycles. The summed E-state index contributed by atoms with van der Waals surface area (Å²) >= 11 is 7.75. The normalized spacial score (nSPS) is 16.8. The highest BCUT2D eigenvalue weighted by Crippen LogP contribution is 2.32. The van der Waals surface area contributed by atoms with Crippen LogP contribution in [0.4, 0.5) is 4.39 Å². The van der Waals surface area contributed by atoms with Gasteiger partial charge in [-0.1, -0.05) is 48.3 Å². The number of thioether (sulfide) groups is 1. The fourth-order valence-electron chi connectivity index (χ4n) is 6.70. The summed E-state index contributed by atoms with van der Waals surface area (Å²) in [5.41, 5.74) is 15.3. The third kappa shape index (κ3) is 9.54. The molecule has 0 amide bonds. The molecule has 0 bridgehead atoms. The third-order valence-corrected chi connectivity index (χ3v) is 10.5. The van der Waals surface area contributed by atoms with Crippen molar-refractivity contribution in [3.8, 4) is 28.4 Å². The van der Waals surface area contributed by atoms with Crippen LogP contribution in [0.15, 0.2) is 77.7 Å². The molecule has 0 saturated carbocycles. The van der Waals surface area contributed by atoms with Crippen molar-refractivity contribution < 1.29 is 13.9 Å². The number of halogens is 2. The number of nitrogens with two attached hydrogens (primary N) is 2. The number of rotatable bonds is 14. The van der Waals surface area contributed by atoms with Gasteiger partial charge in [0.25, 0.3) is 0 Å². The van der Waals surface area contributed by atoms with Gasteiger partial charge in [0.2, 0.25) is 0 Å². The highest BCUT2D eigenvalue weighted by atomic mass is 35.5. The van der Waals surface area contributed by atoms with E-state index in [1.165, 1.54) is 16.3 Å². The largest absolute Gasteiger partial charge is 0.497 e. The number of fused-ring (bicyclic) bond motifs is 1. The number of hydrogen-bond donors (Lipinski definition) is 5. The number of ether oxygens (including phenoxy) is 2. The lowest BCUT2D eigenvalue weighted by Crippen LogP contribution is -2.32. The number of aryl methyl sites for hydroxylation is 1. The van der Waals surface area contributed by atoms with E-state index in [2.05, 4.69) is 27.4 Å². The Labute approximate surface area is 312 Å². The maximum absolute atomic E-state index is 15.4. The molecule has 0 radical (unpaired) electrons. The Bertz CT molecular complexity index is 2040. The molecule has 1 fully saturated rings. The zero-order valence-corrected chi connectivity index (χ0v) is 30.7. The maximum Gasteiger partial charge on any atom is 0.354 e. The van der Waals surface area contributed by atoms with Crippen LogP contribution in [0, 0.1) is 11.2 Å². The van der Waals surface area contributed by atoms with Crippen LogP contribution in [-0.2, 0) is 6.42 Å². The van der Waals surface area contributed by atoms with E-state index in [1.54, 1.807) is 31.5 Å². The van der Waals surface area contributed by atoms with Crippen molar-refractivity contribution in [2.24, 2.45) is 11.5 Å². The zero-order chi connectivity index (χ0) is 36.6. The molecule has 7 N–H and O–H groups in total. The smallest absolute Gasteiger partial charge is 0.354 e. The Morgan fingerprint density at radius 3 is 2.62 bits per heavy atom. The van der Waals surface area contributed by atoms with Crippen molar-refractivity contribution in [3.05, 3.63) is 105 Å². The van der Waals surface area contributed by atoms with Gasteiger partial charge in [0.15, 0.2) is 11.0 Å². The van der Waals surface area contributed by atoms with Crippen molar-refractivity contribution in [1.82, 2.24) is 19.9 Å². The zero-order valence-electron chi connectivity index (χ0n) is 29.2. The van der Waals surface area contributed by atoms with Crippen LogP contribution in [0.25, 0.3) is 28.0 Å². The van der Waals surface area contributed by atoms with Gasteiger partial charge in [-0.2, -0.15) is 4.98 Å². The Kier molecular flexibility index (Phi) is 12.5. The molecule has 1 saturated heterocycles. The van der Waals surface area contributed by atoms with Crippen LogP contribution in [0.3, 0.4) is 0 Å². The van der Waals surface area contributed by atoms with Crippen LogP contribution in [0.2, 0.25) is 5.02 Å². The first-order chi connectivity index (χ1) is 25.2. The molecule has 274 valence electrons. The van der Waals surface area contributed by atoms with Crippen LogP contribution in [0.1, 0.15) is 62.1 Å². The summed E-state index contributed by atoms with van der Waals surface area (Å²) in [6.07, 6.45) is 9.24. The van der Waals surface area contributed by atoms with Crippen LogP contribution < -0.4 is 31.9 Å². The van der Waals surface area contributed by atoms with Gasteiger partial charge in [-0.25, -0.2) is 9.18 Å². The van der Waals surface area contributed by atoms with Crippen molar-refractivity contribution in [3.63, 3.8) is 0 Å². The number of hydrogen-bond acceptors (Lipinski definition) is 8. The van der Waals surface area contributed by atoms with Gasteiger partial charge in [-0.15, -0.1) is 0 Å². The molecule has 3 atom stereocenters. The van der Waals surface area contributed by atoms with Crippen molar-refractivity contribution in [2.75, 3.05) is 19.5 Å². The van der Waals surface area contributed by atoms with Crippen LogP contribution in [-0.4, -0.2) is 51.3 Å². The molecule has 1 aliphatic heterocycles. The number of amidine groups is 1. The van der Waals surface area contributed by atoms with Crippen LogP contribution >= 0.6 is 23.4 Å². The Morgan fingerprint density at radius 2 is 1.87 bits per heavy atom. The molecule has 10 nitrogen and oxygen atoms in total. The summed E-state index contributed by atoms with van der Waals surface area (Å²) in [5.74, 6) is 1.76. The highest BCUT2D eigenvalue weighted by Gasteiger charge is 2.21. The van der Waals surface area contributed by atoms with Gasteiger partial charge in [0, 0.05) is 41.0 Å². The number of H-pyrrole nitrogens is 1. The Balaban J connectivity index is 1.11. The lowest BCUT2D eigenvalue weighted by Gasteiger charge is -2.23. The number of nitrogens with zero attached hydrogens (tertiary/aromatic N) is 2. The number of benzene rings is 3. The molecular formula is C39H45ClFN7O3S. The lowest BCUT2D eigenvalue weighted by atomic mass is 10.0. The molecule has 3 heterocycles. The quantitative estimate of drug-likeness (QED) is 0.0578. The highest BCUT2D eigenvalue weighted by molar-refractivity contribution is 8.13. The first-order valence-electron chi connectivity index (χ1n) is 17.6. The molecule has 13 heteroatoms. The summed E-state index contributed by atoms with van der Waals surface area (Å²) in [5, 5.41) is 12.1. The summed E-state index contributed by atoms with van der Waals surface area (Å²) in [4.78, 5) is 20.6. The number of nitrogens with one attached hydrogen (secondary N) is 3. The fraction of sp³-hybridized carbons (Fsp3) is 0.359. The van der Waals surface area contributed by atoms with Gasteiger partial charge >= 0.3 is 5.69 Å². The molecular weight excluding hydrogens is 701 g/mol. The minimum Gasteiger partial charge on any atom is -0.497 e. The van der Waals surface area contributed by atoms with Gasteiger partial charge in [-0.3, -0.25) is 9.98 Å². The monoisotopic (exact) mass is 745 g/mol. The Hall–Kier alpha value is -4.36. The summed E-state index contributed by atoms with van der Waals surface area (Å²) < 4.78 is 27.9. The van der Waals surface area contributed by atoms with E-state index < -0.39 is 11.5 Å². The second kappa shape index (κ2) is 17.4. The third-order valence-electron chi connectivity index (χ3n) is 9.48. The number of aromatic nitrogens is 3. The van der Waals surface area contributed by atoms with E-state index in [0.29, 0.717) is 53.5 Å². The van der Waals surface area contributed by atoms with Crippen LogP contribution in [0.5, 0.6) is 11.5 Å². The minimum atomic E-state index is -0.542. The van der Waals surface area contributed by atoms with E-state index in [4.69, 9.17) is 38.0 Å². The van der Waals surface area contributed by atoms with E-state index in [1.807, 2.05) is 36.4 Å². The molecule has 0 aliphatic carbocycles. The molecule has 0 unspecified atom stereocenters. The fourth-order valence-corrected chi connectivity index (χ4v) is 7.56. The molecule has 5 aromatic rings.